The summed E-state index contributed by atoms with van der Waals surface area (Å²) >= 11 is 6.23. The number of rotatable bonds is 5. The highest BCUT2D eigenvalue weighted by Gasteiger charge is 2.11. The standard InChI is InChI=1S/C20H17ClFN5/c1-13-9-19(23-12-15-6-2-3-8-17(15)21)27-20(24-13)25-18(26-27)11-14-5-4-7-16(22)10-14/h2-10,23H,11-12H2,1H3. The summed E-state index contributed by atoms with van der Waals surface area (Å²) in [5.41, 5.74) is 2.63. The summed E-state index contributed by atoms with van der Waals surface area (Å²) in [7, 11) is 0. The van der Waals surface area contributed by atoms with Gasteiger partial charge in [0.25, 0.3) is 5.78 Å². The summed E-state index contributed by atoms with van der Waals surface area (Å²) in [5.74, 6) is 1.59. The minimum atomic E-state index is -0.271. The SMILES string of the molecule is Cc1cc(NCc2ccccc2Cl)n2nc(Cc3cccc(F)c3)nc2n1. The lowest BCUT2D eigenvalue weighted by atomic mass is 10.1. The molecule has 5 nitrogen and oxygen atoms in total. The third-order valence-electron chi connectivity index (χ3n) is 4.15. The molecule has 0 saturated carbocycles. The maximum Gasteiger partial charge on any atom is 0.254 e. The fourth-order valence-electron chi connectivity index (χ4n) is 2.89. The number of halogens is 2. The number of aromatic nitrogens is 4. The first-order chi connectivity index (χ1) is 13.1. The van der Waals surface area contributed by atoms with E-state index in [-0.39, 0.29) is 5.82 Å². The van der Waals surface area contributed by atoms with Gasteiger partial charge in [-0.1, -0.05) is 41.9 Å². The van der Waals surface area contributed by atoms with Crippen molar-refractivity contribution in [3.05, 3.63) is 88.1 Å². The van der Waals surface area contributed by atoms with Crippen LogP contribution in [0.1, 0.15) is 22.6 Å². The van der Waals surface area contributed by atoms with Gasteiger partial charge >= 0.3 is 0 Å². The zero-order chi connectivity index (χ0) is 18.8. The van der Waals surface area contributed by atoms with E-state index in [0.29, 0.717) is 29.6 Å². The average molecular weight is 382 g/mol. The first-order valence-corrected chi connectivity index (χ1v) is 8.91. The Morgan fingerprint density at radius 1 is 1.07 bits per heavy atom. The lowest BCUT2D eigenvalue weighted by Gasteiger charge is -2.09. The predicted molar refractivity (Wildman–Crippen MR) is 104 cm³/mol. The molecule has 2 heterocycles. The third-order valence-corrected chi connectivity index (χ3v) is 4.52. The van der Waals surface area contributed by atoms with Crippen LogP contribution in [0.4, 0.5) is 10.2 Å². The van der Waals surface area contributed by atoms with E-state index in [1.165, 1.54) is 12.1 Å². The zero-order valence-corrected chi connectivity index (χ0v) is 15.4. The number of hydrogen-bond acceptors (Lipinski definition) is 4. The molecule has 7 heteroatoms. The average Bonchev–Trinajstić information content (AvgIpc) is 3.03. The lowest BCUT2D eigenvalue weighted by molar-refractivity contribution is 0.625. The topological polar surface area (TPSA) is 55.1 Å². The molecule has 0 spiro atoms. The zero-order valence-electron chi connectivity index (χ0n) is 14.7. The molecule has 0 radical (unpaired) electrons. The lowest BCUT2D eigenvalue weighted by Crippen LogP contribution is -2.07. The van der Waals surface area contributed by atoms with Crippen molar-refractivity contribution < 1.29 is 4.39 Å². The van der Waals surface area contributed by atoms with E-state index in [1.807, 2.05) is 43.3 Å². The van der Waals surface area contributed by atoms with Gasteiger partial charge in [0.15, 0.2) is 5.82 Å². The van der Waals surface area contributed by atoms with Crippen molar-refractivity contribution in [2.75, 3.05) is 5.32 Å². The van der Waals surface area contributed by atoms with Crippen molar-refractivity contribution in [3.8, 4) is 0 Å². The molecule has 0 unspecified atom stereocenters. The summed E-state index contributed by atoms with van der Waals surface area (Å²) in [4.78, 5) is 8.92. The van der Waals surface area contributed by atoms with Gasteiger partial charge in [0.05, 0.1) is 0 Å². The number of aryl methyl sites for hydroxylation is 1. The Hall–Kier alpha value is -2.99. The molecule has 0 bridgehead atoms. The highest BCUT2D eigenvalue weighted by atomic mass is 35.5. The summed E-state index contributed by atoms with van der Waals surface area (Å²) in [6.45, 7) is 2.46. The number of nitrogens with zero attached hydrogens (tertiary/aromatic N) is 4. The largest absolute Gasteiger partial charge is 0.366 e. The van der Waals surface area contributed by atoms with Gasteiger partial charge in [-0.25, -0.2) is 9.37 Å². The molecular formula is C20H17ClFN5. The number of fused-ring (bicyclic) bond motifs is 1. The number of anilines is 1. The molecule has 4 aromatic rings. The Bertz CT molecular complexity index is 1110. The monoisotopic (exact) mass is 381 g/mol. The number of benzene rings is 2. The summed E-state index contributed by atoms with van der Waals surface area (Å²) in [5, 5.41) is 8.59. The highest BCUT2D eigenvalue weighted by molar-refractivity contribution is 6.31. The quantitative estimate of drug-likeness (QED) is 0.555. The van der Waals surface area contributed by atoms with Crippen LogP contribution < -0.4 is 5.32 Å². The minimum Gasteiger partial charge on any atom is -0.366 e. The molecule has 0 atom stereocenters. The van der Waals surface area contributed by atoms with Gasteiger partial charge in [0, 0.05) is 29.7 Å². The number of hydrogen-bond donors (Lipinski definition) is 1. The van der Waals surface area contributed by atoms with Gasteiger partial charge in [0.1, 0.15) is 11.6 Å². The Morgan fingerprint density at radius 3 is 2.74 bits per heavy atom. The molecular weight excluding hydrogens is 365 g/mol. The van der Waals surface area contributed by atoms with E-state index in [9.17, 15) is 4.39 Å². The van der Waals surface area contributed by atoms with Crippen molar-refractivity contribution >= 4 is 23.2 Å². The Balaban J connectivity index is 1.63. The smallest absolute Gasteiger partial charge is 0.254 e. The van der Waals surface area contributed by atoms with E-state index in [4.69, 9.17) is 11.6 Å². The second-order valence-electron chi connectivity index (χ2n) is 6.27. The van der Waals surface area contributed by atoms with E-state index in [2.05, 4.69) is 20.4 Å². The van der Waals surface area contributed by atoms with Crippen molar-refractivity contribution in [1.29, 1.82) is 0 Å². The second-order valence-corrected chi connectivity index (χ2v) is 6.68. The fourth-order valence-corrected chi connectivity index (χ4v) is 3.09. The first-order valence-electron chi connectivity index (χ1n) is 8.53. The van der Waals surface area contributed by atoms with Gasteiger partial charge in [-0.3, -0.25) is 0 Å². The normalized spacial score (nSPS) is 11.1. The Morgan fingerprint density at radius 2 is 1.93 bits per heavy atom. The number of nitrogens with one attached hydrogen (secondary N) is 1. The van der Waals surface area contributed by atoms with Crippen LogP contribution in [0.15, 0.2) is 54.6 Å². The molecule has 0 saturated heterocycles. The molecule has 2 aromatic carbocycles. The molecule has 1 N–H and O–H groups in total. The molecule has 136 valence electrons. The molecule has 0 fully saturated rings. The maximum atomic E-state index is 13.4. The van der Waals surface area contributed by atoms with E-state index < -0.39 is 0 Å². The highest BCUT2D eigenvalue weighted by Crippen LogP contribution is 2.18. The Kier molecular flexibility index (Phi) is 4.73. The summed E-state index contributed by atoms with van der Waals surface area (Å²) in [6, 6.07) is 16.0. The second kappa shape index (κ2) is 7.32. The van der Waals surface area contributed by atoms with Gasteiger partial charge in [0.2, 0.25) is 0 Å². The predicted octanol–water partition coefficient (Wildman–Crippen LogP) is 4.43. The summed E-state index contributed by atoms with van der Waals surface area (Å²) in [6.07, 6.45) is 0.435. The van der Waals surface area contributed by atoms with Crippen LogP contribution in [0.2, 0.25) is 5.02 Å². The van der Waals surface area contributed by atoms with Gasteiger partial charge < -0.3 is 5.32 Å². The van der Waals surface area contributed by atoms with Crippen molar-refractivity contribution in [2.45, 2.75) is 19.9 Å². The van der Waals surface area contributed by atoms with Crippen molar-refractivity contribution in [3.63, 3.8) is 0 Å². The molecule has 2 aromatic heterocycles. The summed E-state index contributed by atoms with van der Waals surface area (Å²) < 4.78 is 15.1. The van der Waals surface area contributed by atoms with Crippen LogP contribution in [-0.2, 0) is 13.0 Å². The van der Waals surface area contributed by atoms with Crippen LogP contribution in [0.5, 0.6) is 0 Å². The first kappa shape index (κ1) is 17.4. The van der Waals surface area contributed by atoms with Crippen LogP contribution in [0.3, 0.4) is 0 Å². The van der Waals surface area contributed by atoms with Gasteiger partial charge in [-0.05, 0) is 36.2 Å². The van der Waals surface area contributed by atoms with E-state index >= 15 is 0 Å². The van der Waals surface area contributed by atoms with Crippen LogP contribution in [0.25, 0.3) is 5.78 Å². The molecule has 0 aliphatic heterocycles. The van der Waals surface area contributed by atoms with E-state index in [1.54, 1.807) is 10.6 Å². The Labute approximate surface area is 160 Å². The van der Waals surface area contributed by atoms with E-state index in [0.717, 1.165) is 22.6 Å². The van der Waals surface area contributed by atoms with Crippen molar-refractivity contribution in [1.82, 2.24) is 19.6 Å². The maximum absolute atomic E-state index is 13.4. The minimum absolute atomic E-state index is 0.271. The van der Waals surface area contributed by atoms with Crippen LogP contribution >= 0.6 is 11.6 Å². The molecule has 27 heavy (non-hydrogen) atoms. The molecule has 0 amide bonds. The van der Waals surface area contributed by atoms with Crippen LogP contribution in [-0.4, -0.2) is 19.6 Å². The van der Waals surface area contributed by atoms with Crippen molar-refractivity contribution in [2.24, 2.45) is 0 Å². The van der Waals surface area contributed by atoms with Gasteiger partial charge in [-0.15, -0.1) is 5.10 Å². The van der Waals surface area contributed by atoms with Gasteiger partial charge in [-0.2, -0.15) is 9.50 Å². The fraction of sp³-hybridized carbons (Fsp3) is 0.150. The third kappa shape index (κ3) is 3.90. The molecule has 0 aliphatic rings. The molecule has 0 aliphatic carbocycles. The van der Waals surface area contributed by atoms with Crippen LogP contribution in [0, 0.1) is 12.7 Å². The molecule has 4 rings (SSSR count).